The van der Waals surface area contributed by atoms with Crippen LogP contribution in [0.25, 0.3) is 11.3 Å². The number of hydrogen-bond donors (Lipinski definition) is 8. The number of imidazole rings is 2. The minimum atomic E-state index is -4.56. The molecule has 9 heterocycles. The Balaban J connectivity index is 0.000000241. The fourth-order valence-corrected chi connectivity index (χ4v) is 11.1. The van der Waals surface area contributed by atoms with Gasteiger partial charge in [-0.1, -0.05) is 0 Å². The van der Waals surface area contributed by atoms with Gasteiger partial charge in [-0.25, -0.2) is 34.7 Å². The van der Waals surface area contributed by atoms with Crippen molar-refractivity contribution in [2.45, 2.75) is 71.9 Å². The van der Waals surface area contributed by atoms with E-state index in [1.807, 2.05) is 15.0 Å². The molecule has 30 nitrogen and oxygen atoms in total. The molecule has 11 N–H and O–H groups in total. The van der Waals surface area contributed by atoms with Gasteiger partial charge in [-0.05, 0) is 206 Å². The first kappa shape index (κ1) is 105. The normalized spacial score (nSPS) is 10.9. The topological polar surface area (TPSA) is 443 Å². The van der Waals surface area contributed by atoms with E-state index < -0.39 is 92.2 Å². The Morgan fingerprint density at radius 3 is 1.09 bits per heavy atom. The molecule has 0 spiro atoms. The largest absolute Gasteiger partial charge is 0.478 e. The van der Waals surface area contributed by atoms with Crippen LogP contribution in [0.15, 0.2) is 237 Å². The maximum Gasteiger partial charge on any atom is 0.416 e. The van der Waals surface area contributed by atoms with Gasteiger partial charge in [-0.2, -0.15) is 65.9 Å². The number of amides is 3. The summed E-state index contributed by atoms with van der Waals surface area (Å²) in [6.45, 7) is 6.56. The van der Waals surface area contributed by atoms with E-state index in [9.17, 15) is 110 Å². The summed E-state index contributed by atoms with van der Waals surface area (Å²) >= 11 is 3.34. The molecule has 0 radical (unpaired) electrons. The summed E-state index contributed by atoms with van der Waals surface area (Å²) in [7, 11) is 0. The molecule has 5 aromatic carbocycles. The number of carboxylic acid groups (broad SMARTS) is 1. The number of Topliss-reactive ketones (excluding diaryl/α,β-unsaturated/α-hetero) is 1. The quantitative estimate of drug-likeness (QED) is 0.00953. The Labute approximate surface area is 753 Å². The number of non-ortho nitro benzene ring substituents is 2. The van der Waals surface area contributed by atoms with Gasteiger partial charge < -0.3 is 51.0 Å². The number of aromatic carboxylic acids is 1. The average Bonchev–Trinajstić information content (AvgIpc) is 1.67. The number of hydrogen-bond acceptors (Lipinski definition) is 22. The van der Waals surface area contributed by atoms with E-state index in [0.29, 0.717) is 22.6 Å². The number of halogens is 16. The predicted octanol–water partition coefficient (Wildman–Crippen LogP) is 19.9. The molecule has 0 atom stereocenters. The molecule has 0 bridgehead atoms. The zero-order chi connectivity index (χ0) is 95.2. The summed E-state index contributed by atoms with van der Waals surface area (Å²) < 4.78 is 195. The van der Waals surface area contributed by atoms with E-state index in [2.05, 4.69) is 82.1 Å². The van der Waals surface area contributed by atoms with Gasteiger partial charge in [0, 0.05) is 145 Å². The Kier molecular flexibility index (Phi) is 36.2. The van der Waals surface area contributed by atoms with Crippen LogP contribution in [0.1, 0.15) is 113 Å². The molecule has 9 aromatic heterocycles. The van der Waals surface area contributed by atoms with Crippen LogP contribution >= 0.6 is 15.9 Å². The maximum absolute atomic E-state index is 13.1. The number of rotatable bonds is 14. The SMILES string of the molecule is Brc1cnc2cnccn12.Cc1cnc(CC(=O)c2ccc(Nc3cnc4cnccn34)cc2)cc1C(F)(F)F.Cc1cnc(N)cc1C(F)(F)F.Cc1cnc(NC(=O)c2ccc(N)cc2)cc1C(F)(F)F.Cc1cnc(NC(=O)c2ccc(N)cc2)cc1C(F)(F)F.Cc1cnc(NC(=O)c2ccc([N+](=O)[O-])cc2)cc1C(F)(F)F.O=C(O)c1ccc([N+](=O)[O-])cc1.[CH3-].[Pd]. The van der Waals surface area contributed by atoms with E-state index in [4.69, 9.17) is 22.3 Å². The first-order chi connectivity index (χ1) is 60.4. The maximum atomic E-state index is 13.1. The molecule has 3 amide bonds. The number of carbonyl (C=O) groups is 5. The minimum Gasteiger partial charge on any atom is -0.478 e. The fraction of sp³-hybridized carbons (Fsp3) is 0.131. The van der Waals surface area contributed by atoms with Crippen molar-refractivity contribution in [3.05, 3.63) is 354 Å². The molecule has 14 aromatic rings. The molecule has 0 fully saturated rings. The molecule has 688 valence electrons. The number of carboxylic acids is 1. The summed E-state index contributed by atoms with van der Waals surface area (Å²) in [5.41, 5.74) is 16.1. The third kappa shape index (κ3) is 30.8. The smallest absolute Gasteiger partial charge is 0.416 e. The second-order valence-corrected chi connectivity index (χ2v) is 27.5. The number of nitrogens with zero attached hydrogens (tertiary/aromatic N) is 13. The number of benzene rings is 5. The molecule has 47 heteroatoms. The number of nitrogens with one attached hydrogen (secondary N) is 4. The molecule has 0 saturated carbocycles. The van der Waals surface area contributed by atoms with Crippen LogP contribution in [-0.2, 0) is 57.7 Å². The van der Waals surface area contributed by atoms with E-state index >= 15 is 0 Å². The van der Waals surface area contributed by atoms with E-state index in [0.717, 1.165) is 107 Å². The van der Waals surface area contributed by atoms with Crippen molar-refractivity contribution >= 4 is 114 Å². The number of anilines is 8. The molecule has 0 saturated heterocycles. The summed E-state index contributed by atoms with van der Waals surface area (Å²) in [5.74, 6) is -3.20. The van der Waals surface area contributed by atoms with Crippen molar-refractivity contribution < 1.29 is 125 Å². The van der Waals surface area contributed by atoms with E-state index in [1.54, 1.807) is 67.6 Å². The van der Waals surface area contributed by atoms with Gasteiger partial charge in [0.25, 0.3) is 29.1 Å². The number of alkyl halides is 15. The molecule has 131 heavy (non-hydrogen) atoms. The van der Waals surface area contributed by atoms with Crippen molar-refractivity contribution in [3.8, 4) is 0 Å². The van der Waals surface area contributed by atoms with Crippen molar-refractivity contribution in [2.24, 2.45) is 0 Å². The summed E-state index contributed by atoms with van der Waals surface area (Å²) in [6.07, 6.45) is -3.43. The molecule has 0 unspecified atom stereocenters. The third-order valence-corrected chi connectivity index (χ3v) is 17.9. The number of nitrogens with two attached hydrogens (primary N) is 3. The number of aromatic nitrogens is 11. The Hall–Kier alpha value is -15.3. The molecular formula is C84H69BrF15N20O10Pd-. The van der Waals surface area contributed by atoms with Crippen molar-refractivity contribution in [3.63, 3.8) is 0 Å². The van der Waals surface area contributed by atoms with Crippen LogP contribution in [0.5, 0.6) is 0 Å². The predicted molar refractivity (Wildman–Crippen MR) is 451 cm³/mol. The Morgan fingerprint density at radius 2 is 0.733 bits per heavy atom. The summed E-state index contributed by atoms with van der Waals surface area (Å²) in [4.78, 5) is 113. The second-order valence-electron chi connectivity index (χ2n) is 26.7. The number of ketones is 1. The Morgan fingerprint density at radius 1 is 0.412 bits per heavy atom. The van der Waals surface area contributed by atoms with Gasteiger partial charge in [0.15, 0.2) is 17.1 Å². The first-order valence-electron chi connectivity index (χ1n) is 36.3. The van der Waals surface area contributed by atoms with Crippen LogP contribution in [0.4, 0.5) is 123 Å². The summed E-state index contributed by atoms with van der Waals surface area (Å²) in [5, 5.41) is 39.2. The standard InChI is InChI=1S/C21H16F3N5O.C14H10F3N3O3.2C14H12F3N3O.C7H7F3N2.C7H5NO4.C6H4BrN3.CH3.Pd/c1-13-10-26-16(8-17(13)21(22,23)24)9-18(30)14-2-4-15(5-3-14)28-20-12-27-19-11-25-6-7-29(19)20;1-8-7-18-12(6-11(8)14(15,16)17)19-13(21)9-2-4-10(5-3-9)20(22)23;2*1-8-7-19-12(6-11(8)14(15,16)17)20-13(21)9-2-4-10(18)5-3-9;1-4-3-12-6(11)2-5(4)7(8,9)10;9-7(10)5-1-3-6(4-2-5)8(11)12;7-5-3-9-6-4-8-1-2-10(5)6;;/h2-8,10-12,28H,9H2,1H3;2-7H,1H3,(H,18,19,21);2*2-7H,18H2,1H3,(H,19,20,21);2-3H,1H3,(H2,11,12);1-4H,(H,9,10);1-4H;1H3;/q;;;;;;;-1;. The molecular weight excluding hydrogens is 1920 g/mol. The van der Waals surface area contributed by atoms with Crippen molar-refractivity contribution in [2.75, 3.05) is 38.5 Å². The third-order valence-electron chi connectivity index (χ3n) is 17.3. The van der Waals surface area contributed by atoms with Crippen molar-refractivity contribution in [1.29, 1.82) is 0 Å². The number of pyridine rings is 5. The molecule has 0 aliphatic heterocycles. The number of nitro benzene ring substituents is 2. The minimum absolute atomic E-state index is 0. The van der Waals surface area contributed by atoms with Gasteiger partial charge in [0.1, 0.15) is 33.7 Å². The van der Waals surface area contributed by atoms with Gasteiger partial charge in [0.2, 0.25) is 0 Å². The Bertz CT molecular complexity index is 6200. The van der Waals surface area contributed by atoms with Gasteiger partial charge in [-0.15, -0.1) is 0 Å². The van der Waals surface area contributed by atoms with E-state index in [-0.39, 0.29) is 130 Å². The number of carbonyl (C=O) groups excluding carboxylic acids is 4. The number of nitrogen functional groups attached to an aromatic ring is 3. The number of fused-ring (bicyclic) bond motifs is 2. The zero-order valence-electron chi connectivity index (χ0n) is 68.2. The van der Waals surface area contributed by atoms with Crippen LogP contribution < -0.4 is 38.5 Å². The van der Waals surface area contributed by atoms with Gasteiger partial charge in [-0.3, -0.25) is 63.2 Å². The molecule has 0 aliphatic carbocycles. The van der Waals surface area contributed by atoms with Gasteiger partial charge >= 0.3 is 36.9 Å². The first-order valence-corrected chi connectivity index (χ1v) is 37.1. The van der Waals surface area contributed by atoms with Crippen LogP contribution in [0.3, 0.4) is 0 Å². The monoisotopic (exact) mass is 1990 g/mol. The van der Waals surface area contributed by atoms with Crippen LogP contribution in [0, 0.1) is 62.3 Å². The fourth-order valence-electron chi connectivity index (χ4n) is 10.7. The van der Waals surface area contributed by atoms with Crippen LogP contribution in [-0.4, -0.2) is 98.1 Å². The van der Waals surface area contributed by atoms with Crippen LogP contribution in [0.2, 0.25) is 0 Å². The summed E-state index contributed by atoms with van der Waals surface area (Å²) in [6, 6.07) is 32.2. The van der Waals surface area contributed by atoms with Crippen molar-refractivity contribution in [1.82, 2.24) is 53.7 Å². The molecule has 0 aliphatic rings. The van der Waals surface area contributed by atoms with Gasteiger partial charge in [0.05, 0.1) is 74.4 Å². The van der Waals surface area contributed by atoms with E-state index in [1.165, 1.54) is 107 Å². The zero-order valence-corrected chi connectivity index (χ0v) is 71.3. The number of aryl methyl sites for hydroxylation is 5. The number of nitro groups is 2. The molecule has 14 rings (SSSR count). The second kappa shape index (κ2) is 45.4. The average molecular weight is 1990 g/mol.